The number of alkyl halides is 3. The van der Waals surface area contributed by atoms with E-state index in [0.717, 1.165) is 16.3 Å². The number of nitroso groups, excluding NO2 is 1. The molecule has 0 saturated heterocycles. The molecule has 13 nitrogen and oxygen atoms in total. The van der Waals surface area contributed by atoms with Crippen LogP contribution in [0.1, 0.15) is 12.0 Å². The highest BCUT2D eigenvalue weighted by Crippen LogP contribution is 2.27. The molecule has 0 aliphatic carbocycles. The van der Waals surface area contributed by atoms with Gasteiger partial charge in [-0.15, -0.1) is 49.9 Å². The first-order chi connectivity index (χ1) is 21.6. The molecule has 0 saturated carbocycles. The molecule has 0 spiro atoms. The number of benzene rings is 2. The Morgan fingerprint density at radius 2 is 1.66 bits per heavy atom. The third-order valence-corrected chi connectivity index (χ3v) is 6.81. The first-order valence-electron chi connectivity index (χ1n) is 13.8. The number of hydrogen-bond acceptors (Lipinski definition) is 10. The van der Waals surface area contributed by atoms with Crippen molar-refractivity contribution in [1.82, 2.24) is 29.8 Å². The molecule has 0 aliphatic rings. The molecular formula is C28H31Cl3N10O3. The number of ether oxygens (including phenoxy) is 1. The molecule has 2 aromatic heterocycles. The van der Waals surface area contributed by atoms with Gasteiger partial charge < -0.3 is 19.5 Å². The van der Waals surface area contributed by atoms with Crippen LogP contribution in [0, 0.1) is 4.91 Å². The highest BCUT2D eigenvalue weighted by Gasteiger charge is 2.16. The standard InChI is InChI=1S/C28H31Cl3N10O3/c29-11-16-39(17-12-30)23-9-7-22(8-10-23)36-37-27-34-25-24(26(35-27)44-19-21-5-2-1-3-6-21)33-20-40(25)15-4-14-32-28(42)41(38-43)18-13-31/h1-3,5-10,20H,4,11-19H2,(H,32,42)/b37-36+. The number of azo groups is 1. The molecular weight excluding hydrogens is 631 g/mol. The summed E-state index contributed by atoms with van der Waals surface area (Å²) in [5.41, 5.74) is 3.51. The number of rotatable bonds is 17. The monoisotopic (exact) mass is 660 g/mol. The predicted molar refractivity (Wildman–Crippen MR) is 172 cm³/mol. The van der Waals surface area contributed by atoms with Gasteiger partial charge in [-0.1, -0.05) is 30.3 Å². The van der Waals surface area contributed by atoms with Gasteiger partial charge >= 0.3 is 6.03 Å². The fraction of sp³-hybridized carbons (Fsp3) is 0.357. The lowest BCUT2D eigenvalue weighted by molar-refractivity contribution is 0.202. The van der Waals surface area contributed by atoms with Crippen molar-refractivity contribution < 1.29 is 9.53 Å². The number of carbonyl (C=O) groups is 1. The van der Waals surface area contributed by atoms with Crippen molar-refractivity contribution in [1.29, 1.82) is 0 Å². The van der Waals surface area contributed by atoms with Crippen molar-refractivity contribution >= 4 is 69.3 Å². The molecule has 2 aromatic carbocycles. The Bertz CT molecular complexity index is 1520. The lowest BCUT2D eigenvalue weighted by Crippen LogP contribution is -2.38. The van der Waals surface area contributed by atoms with E-state index >= 15 is 0 Å². The molecule has 4 rings (SSSR count). The number of anilines is 1. The number of urea groups is 1. The Kier molecular flexibility index (Phi) is 12.9. The molecule has 1 N–H and O–H groups in total. The second kappa shape index (κ2) is 17.3. The van der Waals surface area contributed by atoms with Crippen molar-refractivity contribution in [2.24, 2.45) is 15.5 Å². The second-order valence-corrected chi connectivity index (χ2v) is 10.4. The average Bonchev–Trinajstić information content (AvgIpc) is 3.47. The van der Waals surface area contributed by atoms with E-state index in [2.05, 4.69) is 40.7 Å². The minimum Gasteiger partial charge on any atom is -0.471 e. The van der Waals surface area contributed by atoms with Gasteiger partial charge in [0.15, 0.2) is 11.2 Å². The highest BCUT2D eigenvalue weighted by atomic mass is 35.5. The number of carbonyl (C=O) groups excluding carboxylic acids is 1. The quantitative estimate of drug-likeness (QED) is 0.0452. The summed E-state index contributed by atoms with van der Waals surface area (Å²) in [5.74, 6) is 1.44. The summed E-state index contributed by atoms with van der Waals surface area (Å²) in [6.07, 6.45) is 2.14. The first kappa shape index (κ1) is 32.8. The number of nitrogens with one attached hydrogen (secondary N) is 1. The number of aromatic nitrogens is 4. The van der Waals surface area contributed by atoms with Crippen LogP contribution < -0.4 is 15.0 Å². The molecule has 0 fully saturated rings. The van der Waals surface area contributed by atoms with Gasteiger partial charge in [0.1, 0.15) is 6.61 Å². The number of fused-ring (bicyclic) bond motifs is 1. The maximum atomic E-state index is 12.1. The highest BCUT2D eigenvalue weighted by molar-refractivity contribution is 6.18. The zero-order valence-electron chi connectivity index (χ0n) is 23.7. The maximum absolute atomic E-state index is 12.1. The fourth-order valence-electron chi connectivity index (χ4n) is 4.14. The third-order valence-electron chi connectivity index (χ3n) is 6.30. The summed E-state index contributed by atoms with van der Waals surface area (Å²) in [6, 6.07) is 16.6. The molecule has 0 aliphatic heterocycles. The summed E-state index contributed by atoms with van der Waals surface area (Å²) in [4.78, 5) is 38.6. The van der Waals surface area contributed by atoms with E-state index in [1.54, 1.807) is 6.33 Å². The number of hydrogen-bond donors (Lipinski definition) is 1. The summed E-state index contributed by atoms with van der Waals surface area (Å²) in [6.45, 7) is 2.39. The van der Waals surface area contributed by atoms with E-state index < -0.39 is 6.03 Å². The van der Waals surface area contributed by atoms with Crippen molar-refractivity contribution in [3.8, 4) is 5.88 Å². The van der Waals surface area contributed by atoms with Crippen LogP contribution in [0.2, 0.25) is 0 Å². The van der Waals surface area contributed by atoms with Gasteiger partial charge in [-0.2, -0.15) is 15.0 Å². The van der Waals surface area contributed by atoms with Crippen LogP contribution in [-0.4, -0.2) is 74.4 Å². The van der Waals surface area contributed by atoms with Crippen LogP contribution in [0.15, 0.2) is 76.4 Å². The van der Waals surface area contributed by atoms with E-state index in [9.17, 15) is 9.70 Å². The van der Waals surface area contributed by atoms with Crippen molar-refractivity contribution in [2.75, 3.05) is 48.7 Å². The van der Waals surface area contributed by atoms with Gasteiger partial charge in [0, 0.05) is 49.5 Å². The minimum absolute atomic E-state index is 0.0215. The van der Waals surface area contributed by atoms with Crippen LogP contribution in [0.5, 0.6) is 5.88 Å². The van der Waals surface area contributed by atoms with Crippen LogP contribution in [-0.2, 0) is 13.2 Å². The largest absolute Gasteiger partial charge is 0.471 e. The molecule has 2 heterocycles. The summed E-state index contributed by atoms with van der Waals surface area (Å²) in [5, 5.41) is 14.7. The first-order valence-corrected chi connectivity index (χ1v) is 15.4. The van der Waals surface area contributed by atoms with E-state index in [1.165, 1.54) is 0 Å². The normalized spacial score (nSPS) is 11.2. The molecule has 44 heavy (non-hydrogen) atoms. The zero-order valence-corrected chi connectivity index (χ0v) is 26.0. The van der Waals surface area contributed by atoms with Crippen LogP contribution in [0.4, 0.5) is 22.1 Å². The maximum Gasteiger partial charge on any atom is 0.340 e. The molecule has 0 atom stereocenters. The average molecular weight is 662 g/mol. The Labute approximate surface area is 269 Å². The summed E-state index contributed by atoms with van der Waals surface area (Å²) < 4.78 is 7.86. The topological polar surface area (TPSA) is 143 Å². The van der Waals surface area contributed by atoms with Crippen molar-refractivity contribution in [2.45, 2.75) is 19.6 Å². The molecule has 2 amide bonds. The SMILES string of the molecule is O=NN(CCCl)C(=O)NCCCn1cnc2c(OCc3ccccc3)nc(/N=N/c3ccc(N(CCCl)CCCl)cc3)nc21. The van der Waals surface area contributed by atoms with Gasteiger partial charge in [0.05, 0.1) is 23.8 Å². The molecule has 16 heteroatoms. The molecule has 0 unspecified atom stereocenters. The van der Waals surface area contributed by atoms with Crippen LogP contribution in [0.3, 0.4) is 0 Å². The number of imidazole rings is 1. The van der Waals surface area contributed by atoms with Crippen LogP contribution in [0.25, 0.3) is 11.2 Å². The van der Waals surface area contributed by atoms with Gasteiger partial charge in [-0.25, -0.2) is 9.78 Å². The van der Waals surface area contributed by atoms with E-state index in [4.69, 9.17) is 39.5 Å². The number of amides is 2. The Hall–Kier alpha value is -4.07. The van der Waals surface area contributed by atoms with Crippen LogP contribution >= 0.6 is 34.8 Å². The molecule has 0 radical (unpaired) electrons. The molecule has 232 valence electrons. The van der Waals surface area contributed by atoms with E-state index in [0.29, 0.717) is 54.7 Å². The Morgan fingerprint density at radius 3 is 2.34 bits per heavy atom. The van der Waals surface area contributed by atoms with Gasteiger partial charge in [0.2, 0.25) is 5.88 Å². The van der Waals surface area contributed by atoms with Crippen molar-refractivity contribution in [3.05, 3.63) is 71.4 Å². The zero-order chi connectivity index (χ0) is 31.1. The third kappa shape index (κ3) is 9.21. The molecule has 4 aromatic rings. The number of halogens is 3. The second-order valence-electron chi connectivity index (χ2n) is 9.27. The lowest BCUT2D eigenvalue weighted by atomic mass is 10.2. The van der Waals surface area contributed by atoms with Gasteiger partial charge in [-0.05, 0) is 36.2 Å². The minimum atomic E-state index is -0.614. The predicted octanol–water partition coefficient (Wildman–Crippen LogP) is 6.43. The van der Waals surface area contributed by atoms with Gasteiger partial charge in [-0.3, -0.25) is 0 Å². The smallest absolute Gasteiger partial charge is 0.340 e. The summed E-state index contributed by atoms with van der Waals surface area (Å²) >= 11 is 17.5. The van der Waals surface area contributed by atoms with E-state index in [1.807, 2.05) is 59.2 Å². The Morgan fingerprint density at radius 1 is 0.932 bits per heavy atom. The van der Waals surface area contributed by atoms with E-state index in [-0.39, 0.29) is 37.4 Å². The number of aryl methyl sites for hydroxylation is 1. The summed E-state index contributed by atoms with van der Waals surface area (Å²) in [7, 11) is 0. The molecule has 0 bridgehead atoms. The fourth-order valence-corrected chi connectivity index (χ4v) is 4.71. The Balaban J connectivity index is 1.52. The lowest BCUT2D eigenvalue weighted by Gasteiger charge is -2.22. The number of nitrogens with zero attached hydrogens (tertiary/aromatic N) is 9. The van der Waals surface area contributed by atoms with Crippen molar-refractivity contribution in [3.63, 3.8) is 0 Å². The van der Waals surface area contributed by atoms with Gasteiger partial charge in [0.25, 0.3) is 5.95 Å².